The fraction of sp³-hybridized carbons (Fsp3) is 0.818. The van der Waals surface area contributed by atoms with E-state index in [1.54, 1.807) is 20.0 Å². The molecule has 9 N–H and O–H groups in total. The van der Waals surface area contributed by atoms with Gasteiger partial charge in [-0.15, -0.1) is 10.2 Å². The number of unbranched alkanes of at least 4 members (excludes halogenated alkanes) is 4. The van der Waals surface area contributed by atoms with Crippen molar-refractivity contribution in [3.8, 4) is 0 Å². The number of aromatic nitrogens is 6. The molecule has 20 nitrogen and oxygen atoms in total. The summed E-state index contributed by atoms with van der Waals surface area (Å²) in [6.07, 6.45) is -5.08. The molecule has 0 spiro atoms. The number of carbonyl (C=O) groups excluding carboxylic acids is 2. The predicted octanol–water partition coefficient (Wildman–Crippen LogP) is -2.87. The number of rotatable bonds is 23. The Hall–Kier alpha value is -3.02. The lowest BCUT2D eigenvalue weighted by Crippen LogP contribution is -2.63. The minimum absolute atomic E-state index is 0.0384. The van der Waals surface area contributed by atoms with Crippen LogP contribution in [0.5, 0.6) is 0 Å². The molecular weight excluding hydrogens is 698 g/mol. The highest BCUT2D eigenvalue weighted by Crippen LogP contribution is 2.29. The number of ether oxygens (including phenoxy) is 3. The molecule has 10 atom stereocenters. The van der Waals surface area contributed by atoms with Crippen LogP contribution in [-0.2, 0) is 32.1 Å². The van der Waals surface area contributed by atoms with E-state index >= 15 is 0 Å². The zero-order valence-electron chi connectivity index (χ0n) is 30.4. The average molecular weight is 756 g/mol. The maximum atomic E-state index is 12.7. The van der Waals surface area contributed by atoms with Crippen LogP contribution >= 0.6 is 0 Å². The van der Waals surface area contributed by atoms with Crippen molar-refractivity contribution >= 4 is 11.7 Å². The topological polar surface area (TPSA) is 281 Å². The van der Waals surface area contributed by atoms with Gasteiger partial charge in [-0.05, 0) is 72.1 Å². The zero-order valence-corrected chi connectivity index (χ0v) is 30.4. The number of amides is 1. The van der Waals surface area contributed by atoms with Crippen LogP contribution in [-0.4, -0.2) is 166 Å². The van der Waals surface area contributed by atoms with Crippen molar-refractivity contribution in [2.45, 2.75) is 140 Å². The van der Waals surface area contributed by atoms with E-state index in [0.29, 0.717) is 18.7 Å². The van der Waals surface area contributed by atoms with Gasteiger partial charge in [-0.1, -0.05) is 23.3 Å². The molecule has 4 rings (SSSR count). The molecule has 2 aliphatic rings. The minimum Gasteiger partial charge on any atom is -0.388 e. The smallest absolute Gasteiger partial charge is 0.273 e. The quantitative estimate of drug-likeness (QED) is 0.0516. The van der Waals surface area contributed by atoms with Crippen LogP contribution < -0.4 is 16.0 Å². The lowest BCUT2D eigenvalue weighted by Gasteiger charge is -2.45. The summed E-state index contributed by atoms with van der Waals surface area (Å²) in [4.78, 5) is 23.6. The molecule has 2 aromatic rings. The molecule has 0 aliphatic carbocycles. The van der Waals surface area contributed by atoms with Crippen LogP contribution in [0.25, 0.3) is 0 Å². The molecule has 300 valence electrons. The Morgan fingerprint density at radius 1 is 0.679 bits per heavy atom. The van der Waals surface area contributed by atoms with E-state index in [1.807, 2.05) is 0 Å². The second kappa shape index (κ2) is 21.8. The normalized spacial score (nSPS) is 29.0. The standard InChI is InChI=1S/C33H57N9O11/c1-20-16-41(39-37-20)18-23-25(44)27(46)29(48)32(51-23)53-33-30(49)28(47)26(45)24(52-33)19-42-17-22(38-40-42)31(50)36-15-8-4-7-12-34-11-5-3-6-13-35-14-9-10-21(2)43/h16-17,23-30,32-35,44-49H,3-15,18-19H2,1-2H3,(H,36,50)/t23?,24-,25-,26?,27+,28?,29+,30?,32?,33+/m1/s1. The summed E-state index contributed by atoms with van der Waals surface area (Å²) in [5, 5.41) is 88.5. The van der Waals surface area contributed by atoms with Crippen molar-refractivity contribution in [2.75, 3.05) is 32.7 Å². The molecule has 0 bridgehead atoms. The van der Waals surface area contributed by atoms with Crippen molar-refractivity contribution in [3.05, 3.63) is 23.8 Å². The van der Waals surface area contributed by atoms with Gasteiger partial charge < -0.3 is 65.6 Å². The first-order chi connectivity index (χ1) is 25.4. The molecule has 0 radical (unpaired) electrons. The first-order valence-corrected chi connectivity index (χ1v) is 18.4. The Bertz CT molecular complexity index is 1380. The van der Waals surface area contributed by atoms with Gasteiger partial charge in [0.05, 0.1) is 25.0 Å². The third-order valence-electron chi connectivity index (χ3n) is 9.17. The number of aryl methyl sites for hydroxylation is 1. The molecular formula is C33H57N9O11. The Morgan fingerprint density at radius 3 is 1.68 bits per heavy atom. The van der Waals surface area contributed by atoms with E-state index in [4.69, 9.17) is 14.2 Å². The summed E-state index contributed by atoms with van der Waals surface area (Å²) in [7, 11) is 0. The molecule has 0 aromatic carbocycles. The number of aliphatic hydroxyl groups excluding tert-OH is 6. The van der Waals surface area contributed by atoms with Gasteiger partial charge in [0.15, 0.2) is 18.3 Å². The van der Waals surface area contributed by atoms with Crippen LogP contribution in [0.4, 0.5) is 0 Å². The maximum absolute atomic E-state index is 12.7. The van der Waals surface area contributed by atoms with Gasteiger partial charge in [0.2, 0.25) is 0 Å². The average Bonchev–Trinajstić information content (AvgIpc) is 3.78. The second-order valence-corrected chi connectivity index (χ2v) is 13.8. The molecule has 53 heavy (non-hydrogen) atoms. The molecule has 5 unspecified atom stereocenters. The van der Waals surface area contributed by atoms with Gasteiger partial charge in [-0.3, -0.25) is 4.79 Å². The number of aliphatic hydroxyl groups is 6. The molecule has 0 saturated carbocycles. The van der Waals surface area contributed by atoms with Crippen molar-refractivity contribution in [1.29, 1.82) is 0 Å². The van der Waals surface area contributed by atoms with Gasteiger partial charge in [-0.2, -0.15) is 0 Å². The fourth-order valence-corrected chi connectivity index (χ4v) is 6.07. The molecule has 4 heterocycles. The molecule has 2 fully saturated rings. The monoisotopic (exact) mass is 755 g/mol. The van der Waals surface area contributed by atoms with E-state index in [-0.39, 0.29) is 24.6 Å². The SMILES string of the molecule is CC(=O)CCCNCCCCCNCCCCCNC(=O)c1cn(C[C@H]2O[C@@H](OC3OC(Cn4cc(C)nn4)[C@@H](O)[C@H](O)[C@@H]3O)C(O)C(O)C2O)nn1. The fourth-order valence-electron chi connectivity index (χ4n) is 6.07. The third kappa shape index (κ3) is 13.4. The summed E-state index contributed by atoms with van der Waals surface area (Å²) < 4.78 is 19.7. The van der Waals surface area contributed by atoms with Crippen LogP contribution in [0.3, 0.4) is 0 Å². The van der Waals surface area contributed by atoms with Crippen LogP contribution in [0, 0.1) is 6.92 Å². The van der Waals surface area contributed by atoms with Crippen molar-refractivity contribution in [1.82, 2.24) is 45.9 Å². The van der Waals surface area contributed by atoms with E-state index in [0.717, 1.165) is 71.1 Å². The third-order valence-corrected chi connectivity index (χ3v) is 9.17. The number of Topliss-reactive ketones (excluding diaryl/α,β-unsaturated/α-hetero) is 1. The molecule has 2 saturated heterocycles. The van der Waals surface area contributed by atoms with E-state index in [1.165, 1.54) is 15.6 Å². The Balaban J connectivity index is 1.13. The van der Waals surface area contributed by atoms with Crippen LogP contribution in [0.1, 0.15) is 74.5 Å². The molecule has 2 aromatic heterocycles. The number of ketones is 1. The number of hydrogen-bond acceptors (Lipinski definition) is 17. The summed E-state index contributed by atoms with van der Waals surface area (Å²) in [5.41, 5.74) is 0.648. The van der Waals surface area contributed by atoms with Crippen molar-refractivity contribution in [2.24, 2.45) is 0 Å². The summed E-state index contributed by atoms with van der Waals surface area (Å²) in [6.45, 7) is 7.28. The van der Waals surface area contributed by atoms with Gasteiger partial charge >= 0.3 is 0 Å². The van der Waals surface area contributed by atoms with E-state index in [2.05, 4.69) is 36.6 Å². The number of nitrogens with one attached hydrogen (secondary N) is 3. The first kappa shape index (κ1) is 42.7. The van der Waals surface area contributed by atoms with Gasteiger partial charge in [0.25, 0.3) is 5.91 Å². The van der Waals surface area contributed by atoms with E-state index in [9.17, 15) is 40.2 Å². The maximum Gasteiger partial charge on any atom is 0.273 e. The highest BCUT2D eigenvalue weighted by atomic mass is 16.8. The van der Waals surface area contributed by atoms with Crippen LogP contribution in [0.15, 0.2) is 12.4 Å². The largest absolute Gasteiger partial charge is 0.388 e. The molecule has 20 heteroatoms. The van der Waals surface area contributed by atoms with Crippen molar-refractivity contribution in [3.63, 3.8) is 0 Å². The first-order valence-electron chi connectivity index (χ1n) is 18.4. The molecule has 1 amide bonds. The lowest BCUT2D eigenvalue weighted by molar-refractivity contribution is -0.375. The van der Waals surface area contributed by atoms with Gasteiger partial charge in [0, 0.05) is 19.2 Å². The molecule has 2 aliphatic heterocycles. The zero-order chi connectivity index (χ0) is 38.3. The number of nitrogens with zero attached hydrogens (tertiary/aromatic N) is 6. The second-order valence-electron chi connectivity index (χ2n) is 13.8. The predicted molar refractivity (Wildman–Crippen MR) is 185 cm³/mol. The highest BCUT2D eigenvalue weighted by Gasteiger charge is 2.50. The minimum atomic E-state index is -1.78. The number of hydrogen-bond donors (Lipinski definition) is 9. The number of carbonyl (C=O) groups is 2. The highest BCUT2D eigenvalue weighted by molar-refractivity contribution is 5.91. The Labute approximate surface area is 308 Å². The van der Waals surface area contributed by atoms with Gasteiger partial charge in [-0.25, -0.2) is 9.36 Å². The summed E-state index contributed by atoms with van der Waals surface area (Å²) >= 11 is 0. The van der Waals surface area contributed by atoms with Gasteiger partial charge in [0.1, 0.15) is 54.6 Å². The Morgan fingerprint density at radius 2 is 1.17 bits per heavy atom. The van der Waals surface area contributed by atoms with Crippen LogP contribution in [0.2, 0.25) is 0 Å². The Kier molecular flexibility index (Phi) is 17.5. The summed E-state index contributed by atoms with van der Waals surface area (Å²) in [5.74, 6) is -0.193. The summed E-state index contributed by atoms with van der Waals surface area (Å²) in [6, 6.07) is 0. The van der Waals surface area contributed by atoms with Crippen molar-refractivity contribution < 1.29 is 54.4 Å². The van der Waals surface area contributed by atoms with E-state index < -0.39 is 67.3 Å². The lowest BCUT2D eigenvalue weighted by atomic mass is 9.97.